The second-order valence-corrected chi connectivity index (χ2v) is 9.69. The second kappa shape index (κ2) is 10.3. The maximum absolute atomic E-state index is 13.0. The number of nitrogens with zero attached hydrogens (tertiary/aromatic N) is 4. The minimum absolute atomic E-state index is 0.0426. The first kappa shape index (κ1) is 23.1. The van der Waals surface area contributed by atoms with Crippen LogP contribution in [-0.2, 0) is 6.42 Å². The van der Waals surface area contributed by atoms with Crippen LogP contribution in [0.15, 0.2) is 72.0 Å². The molecule has 3 heterocycles. The van der Waals surface area contributed by atoms with Crippen LogP contribution in [0.3, 0.4) is 0 Å². The summed E-state index contributed by atoms with van der Waals surface area (Å²) in [6, 6.07) is 20.0. The molecular weight excluding hydrogens is 458 g/mol. The number of aryl methyl sites for hydroxylation is 1. The molecule has 8 heteroatoms. The van der Waals surface area contributed by atoms with Crippen molar-refractivity contribution in [3.63, 3.8) is 0 Å². The summed E-state index contributed by atoms with van der Waals surface area (Å²) in [6.07, 6.45) is 4.32. The van der Waals surface area contributed by atoms with Crippen LogP contribution in [0.5, 0.6) is 0 Å². The Morgan fingerprint density at radius 1 is 1.00 bits per heavy atom. The number of carbonyl (C=O) groups excluding carboxylic acids is 2. The van der Waals surface area contributed by atoms with Gasteiger partial charge >= 0.3 is 0 Å². The summed E-state index contributed by atoms with van der Waals surface area (Å²) in [7, 11) is 0. The third kappa shape index (κ3) is 5.22. The molecule has 1 amide bonds. The first-order chi connectivity index (χ1) is 17.1. The standard InChI is InChI=1S/C27H27N5O2S/c1-19-8-7-11-22(14-19)32-25(15-20-9-3-2-4-10-20)29-30-27(32)35-18-24(33)21-16-23(28-17-21)26(34)31-12-5-6-13-31/h2-4,7-11,14,16-17,28H,5-6,12-13,15,18H2,1H3. The maximum Gasteiger partial charge on any atom is 0.270 e. The molecule has 4 aromatic rings. The summed E-state index contributed by atoms with van der Waals surface area (Å²) in [5.41, 5.74) is 4.22. The predicted molar refractivity (Wildman–Crippen MR) is 136 cm³/mol. The molecule has 0 unspecified atom stereocenters. The lowest BCUT2D eigenvalue weighted by atomic mass is 10.1. The summed E-state index contributed by atoms with van der Waals surface area (Å²) in [6.45, 7) is 3.60. The Bertz CT molecular complexity index is 1340. The van der Waals surface area contributed by atoms with E-state index < -0.39 is 0 Å². The van der Waals surface area contributed by atoms with E-state index >= 15 is 0 Å². The van der Waals surface area contributed by atoms with Gasteiger partial charge in [-0.2, -0.15) is 0 Å². The van der Waals surface area contributed by atoms with Gasteiger partial charge in [0.25, 0.3) is 5.91 Å². The van der Waals surface area contributed by atoms with Gasteiger partial charge in [-0.3, -0.25) is 14.2 Å². The lowest BCUT2D eigenvalue weighted by Crippen LogP contribution is -2.27. The summed E-state index contributed by atoms with van der Waals surface area (Å²) in [5.74, 6) is 0.913. The van der Waals surface area contributed by atoms with E-state index in [1.165, 1.54) is 11.8 Å². The molecule has 0 aliphatic carbocycles. The fourth-order valence-electron chi connectivity index (χ4n) is 4.30. The Morgan fingerprint density at radius 2 is 1.80 bits per heavy atom. The summed E-state index contributed by atoms with van der Waals surface area (Å²) in [5, 5.41) is 9.55. The fourth-order valence-corrected chi connectivity index (χ4v) is 5.16. The Balaban J connectivity index is 1.34. The number of hydrogen-bond acceptors (Lipinski definition) is 5. The van der Waals surface area contributed by atoms with Gasteiger partial charge in [-0.1, -0.05) is 54.2 Å². The topological polar surface area (TPSA) is 83.9 Å². The van der Waals surface area contributed by atoms with Crippen LogP contribution in [0.25, 0.3) is 5.69 Å². The molecule has 5 rings (SSSR count). The molecule has 0 spiro atoms. The van der Waals surface area contributed by atoms with Crippen LogP contribution in [0.1, 0.15) is 50.6 Å². The second-order valence-electron chi connectivity index (χ2n) is 8.75. The average Bonchev–Trinajstić information content (AvgIpc) is 3.64. The number of ketones is 1. The number of rotatable bonds is 8. The first-order valence-electron chi connectivity index (χ1n) is 11.8. The van der Waals surface area contributed by atoms with Gasteiger partial charge in [-0.15, -0.1) is 10.2 Å². The van der Waals surface area contributed by atoms with E-state index in [4.69, 9.17) is 0 Å². The van der Waals surface area contributed by atoms with Crippen LogP contribution >= 0.6 is 11.8 Å². The smallest absolute Gasteiger partial charge is 0.270 e. The summed E-state index contributed by atoms with van der Waals surface area (Å²) >= 11 is 1.36. The lowest BCUT2D eigenvalue weighted by molar-refractivity contribution is 0.0787. The molecule has 0 radical (unpaired) electrons. The largest absolute Gasteiger partial charge is 0.356 e. The zero-order chi connectivity index (χ0) is 24.2. The highest BCUT2D eigenvalue weighted by atomic mass is 32.2. The molecule has 1 aliphatic heterocycles. The molecule has 0 saturated carbocycles. The molecule has 7 nitrogen and oxygen atoms in total. The van der Waals surface area contributed by atoms with Crippen LogP contribution in [0, 0.1) is 6.92 Å². The zero-order valence-electron chi connectivity index (χ0n) is 19.6. The summed E-state index contributed by atoms with van der Waals surface area (Å²) < 4.78 is 2.03. The van der Waals surface area contributed by atoms with E-state index in [0.29, 0.717) is 22.8 Å². The van der Waals surface area contributed by atoms with E-state index in [2.05, 4.69) is 33.4 Å². The van der Waals surface area contributed by atoms with Crippen molar-refractivity contribution in [3.8, 4) is 5.69 Å². The van der Waals surface area contributed by atoms with E-state index in [1.807, 2.05) is 52.8 Å². The number of likely N-dealkylation sites (tertiary alicyclic amines) is 1. The van der Waals surface area contributed by atoms with Crippen molar-refractivity contribution in [1.82, 2.24) is 24.6 Å². The molecular formula is C27H27N5O2S. The highest BCUT2D eigenvalue weighted by molar-refractivity contribution is 7.99. The Morgan fingerprint density at radius 3 is 2.57 bits per heavy atom. The molecule has 2 aromatic heterocycles. The molecule has 2 aromatic carbocycles. The molecule has 0 atom stereocenters. The molecule has 1 aliphatic rings. The van der Waals surface area contributed by atoms with Gasteiger partial charge in [0.1, 0.15) is 11.5 Å². The van der Waals surface area contributed by atoms with Gasteiger partial charge in [0.2, 0.25) is 0 Å². The third-order valence-electron chi connectivity index (χ3n) is 6.13. The molecule has 35 heavy (non-hydrogen) atoms. The van der Waals surface area contributed by atoms with Crippen LogP contribution in [0.2, 0.25) is 0 Å². The monoisotopic (exact) mass is 485 g/mol. The maximum atomic E-state index is 13.0. The SMILES string of the molecule is Cc1cccc(-n2c(Cc3ccccc3)nnc2SCC(=O)c2c[nH]c(C(=O)N3CCCC3)c2)c1. The minimum atomic E-state index is -0.0601. The average molecular weight is 486 g/mol. The van der Waals surface area contributed by atoms with E-state index in [0.717, 1.165) is 48.6 Å². The van der Waals surface area contributed by atoms with Crippen molar-refractivity contribution in [3.05, 3.63) is 95.1 Å². The zero-order valence-corrected chi connectivity index (χ0v) is 20.4. The van der Waals surface area contributed by atoms with E-state index in [-0.39, 0.29) is 17.4 Å². The number of Topliss-reactive ketones (excluding diaryl/α,β-unsaturated/α-hetero) is 1. The first-order valence-corrected chi connectivity index (χ1v) is 12.8. The normalized spacial score (nSPS) is 13.3. The number of H-pyrrole nitrogens is 1. The summed E-state index contributed by atoms with van der Waals surface area (Å²) in [4.78, 5) is 30.4. The van der Waals surface area contributed by atoms with Gasteiger partial charge in [-0.05, 0) is 49.1 Å². The van der Waals surface area contributed by atoms with Crippen molar-refractivity contribution in [2.45, 2.75) is 31.3 Å². The number of hydrogen-bond donors (Lipinski definition) is 1. The van der Waals surface area contributed by atoms with Gasteiger partial charge < -0.3 is 9.88 Å². The van der Waals surface area contributed by atoms with Crippen LogP contribution in [-0.4, -0.2) is 55.2 Å². The van der Waals surface area contributed by atoms with Gasteiger partial charge in [0, 0.05) is 37.0 Å². The number of amides is 1. The molecule has 1 saturated heterocycles. The van der Waals surface area contributed by atoms with Crippen molar-refractivity contribution < 1.29 is 9.59 Å². The molecule has 1 N–H and O–H groups in total. The number of benzene rings is 2. The number of carbonyl (C=O) groups is 2. The fraction of sp³-hybridized carbons (Fsp3) is 0.259. The van der Waals surface area contributed by atoms with Crippen LogP contribution in [0.4, 0.5) is 0 Å². The van der Waals surface area contributed by atoms with E-state index in [9.17, 15) is 9.59 Å². The Hall–Kier alpha value is -3.65. The molecule has 178 valence electrons. The predicted octanol–water partition coefficient (Wildman–Crippen LogP) is 4.71. The van der Waals surface area contributed by atoms with Gasteiger partial charge in [0.05, 0.1) is 5.75 Å². The highest BCUT2D eigenvalue weighted by Crippen LogP contribution is 2.25. The lowest BCUT2D eigenvalue weighted by Gasteiger charge is -2.13. The quantitative estimate of drug-likeness (QED) is 0.289. The van der Waals surface area contributed by atoms with Crippen LogP contribution < -0.4 is 0 Å². The number of aromatic nitrogens is 4. The highest BCUT2D eigenvalue weighted by Gasteiger charge is 2.22. The Labute approximate surface area is 208 Å². The van der Waals surface area contributed by atoms with E-state index in [1.54, 1.807) is 12.3 Å². The van der Waals surface area contributed by atoms with Crippen molar-refractivity contribution in [1.29, 1.82) is 0 Å². The number of nitrogens with one attached hydrogen (secondary N) is 1. The van der Waals surface area contributed by atoms with Crippen molar-refractivity contribution in [2.75, 3.05) is 18.8 Å². The number of aromatic amines is 1. The number of thioether (sulfide) groups is 1. The molecule has 0 bridgehead atoms. The van der Waals surface area contributed by atoms with Crippen molar-refractivity contribution >= 4 is 23.5 Å². The Kier molecular flexibility index (Phi) is 6.81. The minimum Gasteiger partial charge on any atom is -0.356 e. The van der Waals surface area contributed by atoms with Crippen molar-refractivity contribution in [2.24, 2.45) is 0 Å². The van der Waals surface area contributed by atoms with Gasteiger partial charge in [-0.25, -0.2) is 0 Å². The molecule has 1 fully saturated rings. The third-order valence-corrected chi connectivity index (χ3v) is 7.06. The van der Waals surface area contributed by atoms with Gasteiger partial charge in [0.15, 0.2) is 10.9 Å².